The SMILES string of the molecule is CC1CCNC(C2(O)CCCOC2)C1. The highest BCUT2D eigenvalue weighted by Gasteiger charge is 2.40. The first kappa shape index (κ1) is 10.4. The minimum atomic E-state index is -0.604. The summed E-state index contributed by atoms with van der Waals surface area (Å²) in [5, 5.41) is 13.9. The molecule has 0 amide bonds. The van der Waals surface area contributed by atoms with Gasteiger partial charge in [-0.05, 0) is 38.1 Å². The van der Waals surface area contributed by atoms with E-state index >= 15 is 0 Å². The van der Waals surface area contributed by atoms with Crippen LogP contribution in [0.2, 0.25) is 0 Å². The first-order chi connectivity index (χ1) is 6.71. The highest BCUT2D eigenvalue weighted by Crippen LogP contribution is 2.29. The van der Waals surface area contributed by atoms with Crippen LogP contribution in [-0.2, 0) is 4.74 Å². The smallest absolute Gasteiger partial charge is 0.103 e. The Morgan fingerprint density at radius 3 is 3.00 bits per heavy atom. The van der Waals surface area contributed by atoms with E-state index in [0.29, 0.717) is 6.61 Å². The van der Waals surface area contributed by atoms with Crippen LogP contribution < -0.4 is 5.32 Å². The van der Waals surface area contributed by atoms with Crippen LogP contribution in [0.5, 0.6) is 0 Å². The third-order valence-corrected chi connectivity index (χ3v) is 3.56. The van der Waals surface area contributed by atoms with Crippen molar-refractivity contribution in [2.45, 2.75) is 44.2 Å². The molecule has 0 bridgehead atoms. The summed E-state index contributed by atoms with van der Waals surface area (Å²) in [4.78, 5) is 0. The van der Waals surface area contributed by atoms with Crippen molar-refractivity contribution in [3.8, 4) is 0 Å². The Balaban J connectivity index is 1.97. The maximum absolute atomic E-state index is 10.4. The molecule has 2 saturated heterocycles. The van der Waals surface area contributed by atoms with E-state index in [1.807, 2.05) is 0 Å². The lowest BCUT2D eigenvalue weighted by Crippen LogP contribution is -2.58. The average molecular weight is 199 g/mol. The van der Waals surface area contributed by atoms with Gasteiger partial charge in [-0.3, -0.25) is 0 Å². The van der Waals surface area contributed by atoms with Gasteiger partial charge in [-0.1, -0.05) is 6.92 Å². The van der Waals surface area contributed by atoms with Crippen LogP contribution in [0.4, 0.5) is 0 Å². The van der Waals surface area contributed by atoms with Crippen LogP contribution >= 0.6 is 0 Å². The van der Waals surface area contributed by atoms with Crippen molar-refractivity contribution in [2.24, 2.45) is 5.92 Å². The summed E-state index contributed by atoms with van der Waals surface area (Å²) in [5.74, 6) is 0.729. The average Bonchev–Trinajstić information content (AvgIpc) is 2.19. The molecule has 3 nitrogen and oxygen atoms in total. The van der Waals surface area contributed by atoms with Gasteiger partial charge < -0.3 is 15.2 Å². The molecular weight excluding hydrogens is 178 g/mol. The monoisotopic (exact) mass is 199 g/mol. The molecule has 0 saturated carbocycles. The Kier molecular flexibility index (Phi) is 3.10. The quantitative estimate of drug-likeness (QED) is 0.660. The molecule has 14 heavy (non-hydrogen) atoms. The third kappa shape index (κ3) is 2.10. The predicted octanol–water partition coefficient (Wildman–Crippen LogP) is 0.916. The molecule has 2 aliphatic rings. The minimum Gasteiger partial charge on any atom is -0.386 e. The van der Waals surface area contributed by atoms with Gasteiger partial charge in [0.15, 0.2) is 0 Å². The van der Waals surface area contributed by atoms with E-state index in [-0.39, 0.29) is 6.04 Å². The topological polar surface area (TPSA) is 41.5 Å². The van der Waals surface area contributed by atoms with E-state index in [0.717, 1.165) is 38.3 Å². The fourth-order valence-electron chi connectivity index (χ4n) is 2.59. The number of hydrogen-bond donors (Lipinski definition) is 2. The molecular formula is C11H21NO2. The lowest BCUT2D eigenvalue weighted by Gasteiger charge is -2.42. The van der Waals surface area contributed by atoms with E-state index in [1.54, 1.807) is 0 Å². The van der Waals surface area contributed by atoms with Gasteiger partial charge >= 0.3 is 0 Å². The highest BCUT2D eigenvalue weighted by molar-refractivity contribution is 4.95. The summed E-state index contributed by atoms with van der Waals surface area (Å²) >= 11 is 0. The van der Waals surface area contributed by atoms with Gasteiger partial charge in [-0.2, -0.15) is 0 Å². The van der Waals surface area contributed by atoms with Crippen LogP contribution in [0.15, 0.2) is 0 Å². The molecule has 0 aromatic rings. The standard InChI is InChI=1S/C11H21NO2/c1-9-3-5-12-10(7-9)11(13)4-2-6-14-8-11/h9-10,12-13H,2-8H2,1H3. The molecule has 0 spiro atoms. The normalized spacial score (nSPS) is 45.0. The maximum atomic E-state index is 10.4. The summed E-state index contributed by atoms with van der Waals surface area (Å²) < 4.78 is 5.38. The van der Waals surface area contributed by atoms with Gasteiger partial charge in [0.1, 0.15) is 5.60 Å². The van der Waals surface area contributed by atoms with Crippen LogP contribution in [0.1, 0.15) is 32.6 Å². The Morgan fingerprint density at radius 2 is 2.36 bits per heavy atom. The second-order valence-electron chi connectivity index (χ2n) is 4.90. The predicted molar refractivity (Wildman–Crippen MR) is 55.2 cm³/mol. The van der Waals surface area contributed by atoms with E-state index in [4.69, 9.17) is 4.74 Å². The number of piperidine rings is 1. The van der Waals surface area contributed by atoms with E-state index in [1.165, 1.54) is 6.42 Å². The third-order valence-electron chi connectivity index (χ3n) is 3.56. The van der Waals surface area contributed by atoms with Gasteiger partial charge in [0.2, 0.25) is 0 Å². The summed E-state index contributed by atoms with van der Waals surface area (Å²) in [6.07, 6.45) is 4.19. The Morgan fingerprint density at radius 1 is 1.50 bits per heavy atom. The molecule has 2 aliphatic heterocycles. The van der Waals surface area contributed by atoms with Crippen molar-refractivity contribution < 1.29 is 9.84 Å². The summed E-state index contributed by atoms with van der Waals surface area (Å²) in [6.45, 7) is 4.62. The molecule has 0 aromatic heterocycles. The molecule has 0 aromatic carbocycles. The van der Waals surface area contributed by atoms with Crippen LogP contribution in [0.3, 0.4) is 0 Å². The molecule has 82 valence electrons. The number of rotatable bonds is 1. The lowest BCUT2D eigenvalue weighted by atomic mass is 9.80. The first-order valence-electron chi connectivity index (χ1n) is 5.74. The van der Waals surface area contributed by atoms with Gasteiger partial charge in [0.05, 0.1) is 6.61 Å². The molecule has 3 heteroatoms. The molecule has 3 unspecified atom stereocenters. The summed E-state index contributed by atoms with van der Waals surface area (Å²) in [6, 6.07) is 0.242. The van der Waals surface area contributed by atoms with E-state index < -0.39 is 5.60 Å². The zero-order valence-electron chi connectivity index (χ0n) is 8.96. The van der Waals surface area contributed by atoms with Crippen LogP contribution in [-0.4, -0.2) is 36.5 Å². The zero-order chi connectivity index (χ0) is 10.0. The summed E-state index contributed by atoms with van der Waals surface area (Å²) in [5.41, 5.74) is -0.604. The van der Waals surface area contributed by atoms with Crippen molar-refractivity contribution in [3.63, 3.8) is 0 Å². The second kappa shape index (κ2) is 4.17. The number of hydrogen-bond acceptors (Lipinski definition) is 3. The minimum absolute atomic E-state index is 0.242. The first-order valence-corrected chi connectivity index (χ1v) is 5.74. The molecule has 2 N–H and O–H groups in total. The number of nitrogens with one attached hydrogen (secondary N) is 1. The van der Waals surface area contributed by atoms with Crippen LogP contribution in [0, 0.1) is 5.92 Å². The highest BCUT2D eigenvalue weighted by atomic mass is 16.5. The van der Waals surface area contributed by atoms with Gasteiger partial charge in [0.25, 0.3) is 0 Å². The second-order valence-corrected chi connectivity index (χ2v) is 4.90. The van der Waals surface area contributed by atoms with Crippen molar-refractivity contribution in [1.82, 2.24) is 5.32 Å². The summed E-state index contributed by atoms with van der Waals surface area (Å²) in [7, 11) is 0. The zero-order valence-corrected chi connectivity index (χ0v) is 8.96. The van der Waals surface area contributed by atoms with Gasteiger partial charge in [-0.15, -0.1) is 0 Å². The van der Waals surface area contributed by atoms with Crippen LogP contribution in [0.25, 0.3) is 0 Å². The molecule has 2 fully saturated rings. The Labute approximate surface area is 85.8 Å². The Hall–Kier alpha value is -0.120. The van der Waals surface area contributed by atoms with Gasteiger partial charge in [-0.25, -0.2) is 0 Å². The van der Waals surface area contributed by atoms with E-state index in [2.05, 4.69) is 12.2 Å². The van der Waals surface area contributed by atoms with Crippen molar-refractivity contribution in [2.75, 3.05) is 19.8 Å². The van der Waals surface area contributed by atoms with Crippen molar-refractivity contribution in [1.29, 1.82) is 0 Å². The maximum Gasteiger partial charge on any atom is 0.103 e. The lowest BCUT2D eigenvalue weighted by molar-refractivity contribution is -0.112. The Bertz CT molecular complexity index is 190. The number of aliphatic hydroxyl groups is 1. The molecule has 0 radical (unpaired) electrons. The molecule has 0 aliphatic carbocycles. The number of ether oxygens (including phenoxy) is 1. The van der Waals surface area contributed by atoms with Gasteiger partial charge in [0, 0.05) is 12.6 Å². The fourth-order valence-corrected chi connectivity index (χ4v) is 2.59. The van der Waals surface area contributed by atoms with E-state index in [9.17, 15) is 5.11 Å². The molecule has 3 atom stereocenters. The van der Waals surface area contributed by atoms with Crippen molar-refractivity contribution in [3.05, 3.63) is 0 Å². The molecule has 2 rings (SSSR count). The fraction of sp³-hybridized carbons (Fsp3) is 1.00. The van der Waals surface area contributed by atoms with Crippen molar-refractivity contribution >= 4 is 0 Å². The largest absolute Gasteiger partial charge is 0.386 e. The molecule has 2 heterocycles.